The molecule has 0 bridgehead atoms. The van der Waals surface area contributed by atoms with Gasteiger partial charge < -0.3 is 15.1 Å². The third-order valence-corrected chi connectivity index (χ3v) is 6.92. The molecule has 11 nitrogen and oxygen atoms in total. The fourth-order valence-corrected chi connectivity index (χ4v) is 4.80. The van der Waals surface area contributed by atoms with Crippen molar-refractivity contribution < 1.29 is 33.1 Å². The number of aliphatic hydroxyl groups excluding tert-OH is 1. The molecule has 0 radical (unpaired) electrons. The van der Waals surface area contributed by atoms with E-state index in [2.05, 4.69) is 0 Å². The number of hydrogen-bond acceptors (Lipinski definition) is 7. The van der Waals surface area contributed by atoms with E-state index in [9.17, 15) is 38.3 Å². The lowest BCUT2D eigenvalue weighted by Crippen LogP contribution is -2.35. The summed E-state index contributed by atoms with van der Waals surface area (Å²) in [5.74, 6) is -0.444. The van der Waals surface area contributed by atoms with Crippen LogP contribution in [0.4, 0.5) is 10.5 Å². The minimum absolute atomic E-state index is 0.121. The number of nitro groups is 1. The van der Waals surface area contributed by atoms with Crippen LogP contribution in [0.25, 0.3) is 11.1 Å². The van der Waals surface area contributed by atoms with Gasteiger partial charge in [-0.15, -0.1) is 0 Å². The number of carbonyl (C=O) groups excluding carboxylic acids is 1. The molecule has 0 saturated heterocycles. The normalized spacial score (nSPS) is 12.1. The predicted octanol–water partition coefficient (Wildman–Crippen LogP) is 4.41. The Balaban J connectivity index is 1.70. The monoisotopic (exact) mass is 583 g/mol. The molecular formula is C29H33N3O8S. The molecule has 0 aromatic heterocycles. The van der Waals surface area contributed by atoms with Crippen LogP contribution in [0.1, 0.15) is 47.0 Å². The van der Waals surface area contributed by atoms with E-state index in [0.29, 0.717) is 24.0 Å². The van der Waals surface area contributed by atoms with E-state index in [0.717, 1.165) is 33.4 Å². The van der Waals surface area contributed by atoms with Gasteiger partial charge in [0.15, 0.2) is 0 Å². The summed E-state index contributed by atoms with van der Waals surface area (Å²) in [6.45, 7) is 3.95. The molecule has 0 spiro atoms. The Morgan fingerprint density at radius 3 is 2.15 bits per heavy atom. The van der Waals surface area contributed by atoms with Gasteiger partial charge in [-0.3, -0.25) is 14.9 Å². The zero-order valence-corrected chi connectivity index (χ0v) is 23.8. The SMILES string of the molecule is CC(C)Cc1cc(-c2ccc(CCN(C[C@H](O)c3ccc([N+](=O)[O-])cc3)C(=O)O)cc2)ccc1C(=O)NS(C)(=O)=O. The molecule has 218 valence electrons. The first-order valence-corrected chi connectivity index (χ1v) is 14.8. The van der Waals surface area contributed by atoms with Crippen LogP contribution in [0.3, 0.4) is 0 Å². The van der Waals surface area contributed by atoms with Gasteiger partial charge in [0.2, 0.25) is 10.0 Å². The third-order valence-electron chi connectivity index (χ3n) is 6.37. The Morgan fingerprint density at radius 2 is 1.61 bits per heavy atom. The fourth-order valence-electron chi connectivity index (χ4n) is 4.35. The van der Waals surface area contributed by atoms with E-state index in [-0.39, 0.29) is 24.7 Å². The van der Waals surface area contributed by atoms with Crippen molar-refractivity contribution in [1.29, 1.82) is 0 Å². The molecule has 2 amide bonds. The van der Waals surface area contributed by atoms with E-state index in [1.54, 1.807) is 12.1 Å². The predicted molar refractivity (Wildman–Crippen MR) is 154 cm³/mol. The van der Waals surface area contributed by atoms with Crippen LogP contribution in [0.2, 0.25) is 0 Å². The summed E-state index contributed by atoms with van der Waals surface area (Å²) >= 11 is 0. The number of carboxylic acid groups (broad SMARTS) is 1. The van der Waals surface area contributed by atoms with E-state index < -0.39 is 33.1 Å². The molecule has 3 aromatic carbocycles. The second kappa shape index (κ2) is 13.4. The topological polar surface area (TPSA) is 167 Å². The zero-order valence-electron chi connectivity index (χ0n) is 23.0. The average Bonchev–Trinajstić information content (AvgIpc) is 2.89. The molecule has 0 aliphatic rings. The van der Waals surface area contributed by atoms with Crippen molar-refractivity contribution in [3.8, 4) is 11.1 Å². The summed E-state index contributed by atoms with van der Waals surface area (Å²) in [4.78, 5) is 35.7. The van der Waals surface area contributed by atoms with Crippen molar-refractivity contribution in [1.82, 2.24) is 9.62 Å². The van der Waals surface area contributed by atoms with Crippen LogP contribution in [0.5, 0.6) is 0 Å². The number of rotatable bonds is 12. The number of sulfonamides is 1. The molecule has 0 aliphatic carbocycles. The maximum absolute atomic E-state index is 12.5. The summed E-state index contributed by atoms with van der Waals surface area (Å²) in [5.41, 5.74) is 3.88. The molecule has 3 aromatic rings. The zero-order chi connectivity index (χ0) is 30.3. The van der Waals surface area contributed by atoms with Crippen molar-refractivity contribution in [3.05, 3.63) is 99.1 Å². The molecular weight excluding hydrogens is 550 g/mol. The number of nitrogens with zero attached hydrogens (tertiary/aromatic N) is 2. The quantitative estimate of drug-likeness (QED) is 0.208. The van der Waals surface area contributed by atoms with E-state index in [1.165, 1.54) is 24.3 Å². The number of nitro benzene ring substituents is 1. The molecule has 0 aliphatic heterocycles. The third kappa shape index (κ3) is 9.12. The van der Waals surface area contributed by atoms with Crippen LogP contribution in [0, 0.1) is 16.0 Å². The van der Waals surface area contributed by atoms with Crippen molar-refractivity contribution in [2.24, 2.45) is 5.92 Å². The second-order valence-electron chi connectivity index (χ2n) is 10.2. The lowest BCUT2D eigenvalue weighted by atomic mass is 9.93. The summed E-state index contributed by atoms with van der Waals surface area (Å²) in [5, 5.41) is 30.9. The number of non-ortho nitro benzene ring substituents is 1. The average molecular weight is 584 g/mol. The molecule has 12 heteroatoms. The van der Waals surface area contributed by atoms with Crippen LogP contribution >= 0.6 is 0 Å². The molecule has 3 N–H and O–H groups in total. The van der Waals surface area contributed by atoms with Crippen molar-refractivity contribution in [2.75, 3.05) is 19.3 Å². The smallest absolute Gasteiger partial charge is 0.407 e. The number of hydrogen-bond donors (Lipinski definition) is 3. The van der Waals surface area contributed by atoms with Gasteiger partial charge >= 0.3 is 6.09 Å². The number of amides is 2. The Kier molecular flexibility index (Phi) is 10.2. The number of benzene rings is 3. The van der Waals surface area contributed by atoms with Crippen LogP contribution in [0.15, 0.2) is 66.7 Å². The maximum Gasteiger partial charge on any atom is 0.407 e. The van der Waals surface area contributed by atoms with E-state index in [1.807, 2.05) is 48.9 Å². The second-order valence-corrected chi connectivity index (χ2v) is 12.0. The Labute approximate surface area is 238 Å². The Hall–Kier alpha value is -4.29. The van der Waals surface area contributed by atoms with Crippen molar-refractivity contribution >= 4 is 27.7 Å². The van der Waals surface area contributed by atoms with Gasteiger partial charge in [0.05, 0.1) is 23.8 Å². The first-order chi connectivity index (χ1) is 19.2. The van der Waals surface area contributed by atoms with Crippen molar-refractivity contribution in [2.45, 2.75) is 32.8 Å². The van der Waals surface area contributed by atoms with Crippen LogP contribution in [-0.2, 0) is 22.9 Å². The molecule has 0 fully saturated rings. The largest absolute Gasteiger partial charge is 0.465 e. The van der Waals surface area contributed by atoms with Gasteiger partial charge in [-0.25, -0.2) is 17.9 Å². The highest BCUT2D eigenvalue weighted by molar-refractivity contribution is 7.89. The summed E-state index contributed by atoms with van der Waals surface area (Å²) in [6.07, 6.45) is -0.436. The molecule has 41 heavy (non-hydrogen) atoms. The molecule has 1 atom stereocenters. The van der Waals surface area contributed by atoms with Gasteiger partial charge in [0, 0.05) is 24.2 Å². The highest BCUT2D eigenvalue weighted by Crippen LogP contribution is 2.26. The first kappa shape index (κ1) is 31.2. The summed E-state index contributed by atoms with van der Waals surface area (Å²) in [6, 6.07) is 18.1. The van der Waals surface area contributed by atoms with Gasteiger partial charge in [0.1, 0.15) is 0 Å². The van der Waals surface area contributed by atoms with Gasteiger partial charge in [-0.1, -0.05) is 50.2 Å². The van der Waals surface area contributed by atoms with Gasteiger partial charge in [-0.05, 0) is 64.8 Å². The Morgan fingerprint density at radius 1 is 1.00 bits per heavy atom. The molecule has 0 heterocycles. The summed E-state index contributed by atoms with van der Waals surface area (Å²) in [7, 11) is -3.70. The molecule has 0 saturated carbocycles. The maximum atomic E-state index is 12.5. The lowest BCUT2D eigenvalue weighted by molar-refractivity contribution is -0.384. The fraction of sp³-hybridized carbons (Fsp3) is 0.310. The van der Waals surface area contributed by atoms with Gasteiger partial charge in [-0.2, -0.15) is 0 Å². The number of nitrogens with one attached hydrogen (secondary N) is 1. The number of aliphatic hydroxyl groups is 1. The first-order valence-electron chi connectivity index (χ1n) is 12.9. The standard InChI is InChI=1S/C29H33N3O8S/c1-19(2)16-24-17-23(10-13-26(24)28(34)30-41(3,39)40)21-6-4-20(5-7-21)14-15-31(29(35)36)18-27(33)22-8-11-25(12-9-22)32(37)38/h4-13,17,19,27,33H,14-16,18H2,1-3H3,(H,30,34)(H,35,36)/t27-/m0/s1. The van der Waals surface area contributed by atoms with Crippen molar-refractivity contribution in [3.63, 3.8) is 0 Å². The highest BCUT2D eigenvalue weighted by Gasteiger charge is 2.20. The van der Waals surface area contributed by atoms with Crippen LogP contribution < -0.4 is 4.72 Å². The highest BCUT2D eigenvalue weighted by atomic mass is 32.2. The minimum Gasteiger partial charge on any atom is -0.465 e. The molecule has 3 rings (SSSR count). The molecule has 0 unspecified atom stereocenters. The van der Waals surface area contributed by atoms with Gasteiger partial charge in [0.25, 0.3) is 11.6 Å². The van der Waals surface area contributed by atoms with E-state index >= 15 is 0 Å². The van der Waals surface area contributed by atoms with Crippen LogP contribution in [-0.4, -0.2) is 59.8 Å². The minimum atomic E-state index is -3.70. The lowest BCUT2D eigenvalue weighted by Gasteiger charge is -2.22. The Bertz CT molecular complexity index is 1500. The number of carbonyl (C=O) groups is 2. The summed E-state index contributed by atoms with van der Waals surface area (Å²) < 4.78 is 25.1. The van der Waals surface area contributed by atoms with E-state index in [4.69, 9.17) is 0 Å².